The van der Waals surface area contributed by atoms with E-state index in [0.29, 0.717) is 49.8 Å². The Balaban J connectivity index is 2.15. The lowest BCUT2D eigenvalue weighted by Gasteiger charge is -2.19. The Labute approximate surface area is 201 Å². The second kappa shape index (κ2) is 8.78. The third-order valence-electron chi connectivity index (χ3n) is 5.41. The fourth-order valence-corrected chi connectivity index (χ4v) is 4.42. The van der Waals surface area contributed by atoms with Crippen LogP contribution in [0.2, 0.25) is 15.1 Å². The van der Waals surface area contributed by atoms with Crippen LogP contribution >= 0.6 is 34.8 Å². The first-order valence-corrected chi connectivity index (χ1v) is 11.4. The highest BCUT2D eigenvalue weighted by Crippen LogP contribution is 2.39. The van der Waals surface area contributed by atoms with Gasteiger partial charge >= 0.3 is 0 Å². The van der Waals surface area contributed by atoms with E-state index in [1.807, 2.05) is 36.4 Å². The molecule has 32 heavy (non-hydrogen) atoms. The lowest BCUT2D eigenvalue weighted by atomic mass is 9.97. The van der Waals surface area contributed by atoms with E-state index in [2.05, 4.69) is 13.8 Å². The number of nitrogens with two attached hydrogens (primary N) is 1. The van der Waals surface area contributed by atoms with Crippen LogP contribution in [0.1, 0.15) is 19.4 Å². The Morgan fingerprint density at radius 2 is 1.62 bits per heavy atom. The van der Waals surface area contributed by atoms with Gasteiger partial charge in [0, 0.05) is 38.7 Å². The maximum atomic E-state index is 13.1. The van der Waals surface area contributed by atoms with E-state index in [1.165, 1.54) is 0 Å². The lowest BCUT2D eigenvalue weighted by molar-refractivity contribution is 0.520. The van der Waals surface area contributed by atoms with Crippen LogP contribution in [0.25, 0.3) is 33.4 Å². The van der Waals surface area contributed by atoms with Gasteiger partial charge in [0.2, 0.25) is 0 Å². The molecule has 0 aliphatic heterocycles. The van der Waals surface area contributed by atoms with Crippen LogP contribution in [0.15, 0.2) is 53.3 Å². The summed E-state index contributed by atoms with van der Waals surface area (Å²) in [5.41, 5.74) is 10.8. The number of hydrogen-bond donors (Lipinski definition) is 1. The zero-order valence-corrected chi connectivity index (χ0v) is 20.2. The van der Waals surface area contributed by atoms with Crippen LogP contribution in [0.3, 0.4) is 0 Å². The third kappa shape index (κ3) is 4.11. The molecule has 0 aliphatic carbocycles. The Morgan fingerprint density at radius 3 is 2.25 bits per heavy atom. The minimum Gasteiger partial charge on any atom is -0.398 e. The molecule has 0 saturated carbocycles. The minimum atomic E-state index is -0.136. The summed E-state index contributed by atoms with van der Waals surface area (Å²) in [7, 11) is 0. The molecular weight excluding hydrogens is 465 g/mol. The van der Waals surface area contributed by atoms with Crippen LogP contribution in [0, 0.1) is 12.8 Å². The number of rotatable bonds is 4. The van der Waals surface area contributed by atoms with Crippen LogP contribution in [-0.2, 0) is 6.54 Å². The van der Waals surface area contributed by atoms with Crippen LogP contribution in [0.4, 0.5) is 5.69 Å². The second-order valence-electron chi connectivity index (χ2n) is 8.24. The van der Waals surface area contributed by atoms with Crippen LogP contribution < -0.4 is 11.3 Å². The molecule has 2 heterocycles. The lowest BCUT2D eigenvalue weighted by Crippen LogP contribution is -2.27. The Morgan fingerprint density at radius 1 is 0.969 bits per heavy atom. The molecule has 2 aromatic heterocycles. The predicted molar refractivity (Wildman–Crippen MR) is 136 cm³/mol. The highest BCUT2D eigenvalue weighted by molar-refractivity contribution is 6.36. The van der Waals surface area contributed by atoms with E-state index in [0.717, 1.165) is 16.5 Å². The Kier molecular flexibility index (Phi) is 6.22. The van der Waals surface area contributed by atoms with Crippen molar-refractivity contribution in [1.29, 1.82) is 0 Å². The molecule has 164 valence electrons. The van der Waals surface area contributed by atoms with Crippen molar-refractivity contribution >= 4 is 51.5 Å². The van der Waals surface area contributed by atoms with E-state index in [4.69, 9.17) is 45.5 Å². The molecule has 0 saturated heterocycles. The van der Waals surface area contributed by atoms with Gasteiger partial charge in [-0.15, -0.1) is 0 Å². The molecule has 0 fully saturated rings. The van der Waals surface area contributed by atoms with Gasteiger partial charge in [0.1, 0.15) is 5.65 Å². The average molecular weight is 487 g/mol. The fraction of sp³-hybridized carbons (Fsp3) is 0.200. The van der Waals surface area contributed by atoms with Gasteiger partial charge in [0.15, 0.2) is 0 Å². The summed E-state index contributed by atoms with van der Waals surface area (Å²) < 4.78 is 1.70. The molecule has 7 heteroatoms. The third-order valence-corrected chi connectivity index (χ3v) is 6.21. The molecule has 0 bridgehead atoms. The zero-order chi connectivity index (χ0) is 23.2. The highest BCUT2D eigenvalue weighted by Gasteiger charge is 2.20. The molecule has 4 rings (SSSR count). The number of nitrogen functional groups attached to an aromatic ring is 1. The number of pyridine rings is 2. The van der Waals surface area contributed by atoms with Gasteiger partial charge in [-0.05, 0) is 54.8 Å². The summed E-state index contributed by atoms with van der Waals surface area (Å²) in [5, 5.41) is 2.36. The fourth-order valence-electron chi connectivity index (χ4n) is 3.79. The standard InChI is InChI=1S/C25H22Cl3N3O/c1-13(2)12-31-24-20(22(29)14(3)25(31)32)11-19(15-4-6-16(26)7-5-15)23(30-24)18-9-8-17(27)10-21(18)28/h4-11,13H,12,29H2,1-3H3. The number of anilines is 1. The highest BCUT2D eigenvalue weighted by atomic mass is 35.5. The number of benzene rings is 2. The van der Waals surface area contributed by atoms with E-state index in [9.17, 15) is 4.79 Å². The molecule has 0 aliphatic rings. The number of halogens is 3. The molecule has 0 atom stereocenters. The van der Waals surface area contributed by atoms with E-state index < -0.39 is 0 Å². The quantitative estimate of drug-likeness (QED) is 0.331. The van der Waals surface area contributed by atoms with Crippen molar-refractivity contribution in [2.45, 2.75) is 27.3 Å². The van der Waals surface area contributed by atoms with Crippen molar-refractivity contribution in [3.8, 4) is 22.4 Å². The SMILES string of the molecule is Cc1c(N)c2cc(-c3ccc(Cl)cc3)c(-c3ccc(Cl)cc3Cl)nc2n(CC(C)C)c1=O. The summed E-state index contributed by atoms with van der Waals surface area (Å²) in [5.74, 6) is 0.249. The summed E-state index contributed by atoms with van der Waals surface area (Å²) >= 11 is 18.8. The van der Waals surface area contributed by atoms with Gasteiger partial charge in [0.25, 0.3) is 5.56 Å². The Hall–Kier alpha value is -2.53. The number of nitrogens with zero attached hydrogens (tertiary/aromatic N) is 2. The smallest absolute Gasteiger partial charge is 0.257 e. The maximum absolute atomic E-state index is 13.1. The van der Waals surface area contributed by atoms with Crippen molar-refractivity contribution in [2.75, 3.05) is 5.73 Å². The van der Waals surface area contributed by atoms with E-state index >= 15 is 0 Å². The first-order chi connectivity index (χ1) is 15.2. The normalized spacial score (nSPS) is 11.5. The zero-order valence-electron chi connectivity index (χ0n) is 17.9. The van der Waals surface area contributed by atoms with Gasteiger partial charge in [-0.3, -0.25) is 9.36 Å². The average Bonchev–Trinajstić information content (AvgIpc) is 2.75. The second-order valence-corrected chi connectivity index (χ2v) is 9.52. The Bertz CT molecular complexity index is 1390. The molecule has 0 unspecified atom stereocenters. The minimum absolute atomic E-state index is 0.136. The summed E-state index contributed by atoms with van der Waals surface area (Å²) in [6.45, 7) is 6.39. The molecule has 2 N–H and O–H groups in total. The maximum Gasteiger partial charge on any atom is 0.257 e. The summed E-state index contributed by atoms with van der Waals surface area (Å²) in [6, 6.07) is 14.7. The number of fused-ring (bicyclic) bond motifs is 1. The van der Waals surface area contributed by atoms with Crippen LogP contribution in [-0.4, -0.2) is 9.55 Å². The van der Waals surface area contributed by atoms with Gasteiger partial charge < -0.3 is 5.73 Å². The van der Waals surface area contributed by atoms with Crippen molar-refractivity contribution in [3.05, 3.63) is 79.5 Å². The van der Waals surface area contributed by atoms with Crippen LogP contribution in [0.5, 0.6) is 0 Å². The molecule has 0 spiro atoms. The van der Waals surface area contributed by atoms with Crippen molar-refractivity contribution in [1.82, 2.24) is 9.55 Å². The van der Waals surface area contributed by atoms with Gasteiger partial charge in [0.05, 0.1) is 16.4 Å². The first-order valence-electron chi connectivity index (χ1n) is 10.2. The molecule has 4 aromatic rings. The van der Waals surface area contributed by atoms with E-state index in [1.54, 1.807) is 23.6 Å². The monoisotopic (exact) mass is 485 g/mol. The van der Waals surface area contributed by atoms with Crippen molar-refractivity contribution < 1.29 is 0 Å². The molecule has 2 aromatic carbocycles. The summed E-state index contributed by atoms with van der Waals surface area (Å²) in [4.78, 5) is 18.0. The molecule has 4 nitrogen and oxygen atoms in total. The van der Waals surface area contributed by atoms with Gasteiger partial charge in [-0.25, -0.2) is 4.98 Å². The predicted octanol–water partition coefficient (Wildman–Crippen LogP) is 7.24. The van der Waals surface area contributed by atoms with Gasteiger partial charge in [-0.1, -0.05) is 60.8 Å². The number of aromatic nitrogens is 2. The van der Waals surface area contributed by atoms with E-state index in [-0.39, 0.29) is 11.5 Å². The first kappa shape index (κ1) is 22.7. The topological polar surface area (TPSA) is 60.9 Å². The summed E-state index contributed by atoms with van der Waals surface area (Å²) in [6.07, 6.45) is 0. The van der Waals surface area contributed by atoms with Gasteiger partial charge in [-0.2, -0.15) is 0 Å². The largest absolute Gasteiger partial charge is 0.398 e. The van der Waals surface area contributed by atoms with Crippen molar-refractivity contribution in [3.63, 3.8) is 0 Å². The molecular formula is C25H22Cl3N3O. The van der Waals surface area contributed by atoms with Crippen molar-refractivity contribution in [2.24, 2.45) is 5.92 Å². The molecule has 0 amide bonds. The molecule has 0 radical (unpaired) electrons. The number of hydrogen-bond acceptors (Lipinski definition) is 3.